The van der Waals surface area contributed by atoms with Gasteiger partial charge in [-0.3, -0.25) is 19.3 Å². The minimum Gasteiger partial charge on any atom is -0.540 e. The second-order valence-corrected chi connectivity index (χ2v) is 33.1. The molecule has 3 fully saturated rings. The molecule has 2 N–H and O–H groups in total. The maximum absolute atomic E-state index is 15.2. The Morgan fingerprint density at radius 1 is 0.914 bits per heavy atom. The first-order chi connectivity index (χ1) is 32.8. The van der Waals surface area contributed by atoms with Gasteiger partial charge in [0.15, 0.2) is 20.3 Å². The van der Waals surface area contributed by atoms with Crippen molar-refractivity contribution >= 4 is 57.9 Å². The molecule has 0 aromatic heterocycles. The highest BCUT2D eigenvalue weighted by Crippen LogP contribution is 2.58. The van der Waals surface area contributed by atoms with E-state index in [4.69, 9.17) is 23.1 Å². The normalized spacial score (nSPS) is 20.3. The van der Waals surface area contributed by atoms with Crippen molar-refractivity contribution in [3.8, 4) is 11.5 Å². The molecule has 0 radical (unpaired) electrons. The zero-order chi connectivity index (χ0) is 51.7. The lowest BCUT2D eigenvalue weighted by atomic mass is 10.0. The maximum Gasteiger partial charge on any atom is 0.416 e. The first-order valence-corrected chi connectivity index (χ1v) is 30.4. The van der Waals surface area contributed by atoms with Crippen molar-refractivity contribution in [1.82, 2.24) is 15.1 Å². The topological polar surface area (TPSA) is 165 Å². The van der Waals surface area contributed by atoms with E-state index < -0.39 is 65.0 Å². The fourth-order valence-corrected chi connectivity index (χ4v) is 17.1. The van der Waals surface area contributed by atoms with Gasteiger partial charge in [0.2, 0.25) is 11.8 Å². The van der Waals surface area contributed by atoms with Crippen LogP contribution < -0.4 is 24.7 Å². The summed E-state index contributed by atoms with van der Waals surface area (Å²) in [6, 6.07) is 8.52. The molecule has 6 rings (SSSR count). The molecule has 2 saturated heterocycles. The van der Waals surface area contributed by atoms with Crippen LogP contribution in [0.2, 0.25) is 34.8 Å². The molecule has 3 aliphatic heterocycles. The van der Waals surface area contributed by atoms with E-state index >= 15 is 9.59 Å². The van der Waals surface area contributed by atoms with Crippen molar-refractivity contribution < 1.29 is 47.0 Å². The summed E-state index contributed by atoms with van der Waals surface area (Å²) >= 11 is 0. The fraction of sp³-hybridized carbons (Fsp3) is 0.642. The lowest BCUT2D eigenvalue weighted by Crippen LogP contribution is -2.58. The third kappa shape index (κ3) is 11.4. The number of methoxy groups -OCH3 is 1. The van der Waals surface area contributed by atoms with Crippen LogP contribution in [0.25, 0.3) is 0 Å². The van der Waals surface area contributed by atoms with Crippen LogP contribution in [0, 0.1) is 11.3 Å². The van der Waals surface area contributed by atoms with Gasteiger partial charge < -0.3 is 38.6 Å². The van der Waals surface area contributed by atoms with Gasteiger partial charge in [-0.1, -0.05) is 101 Å². The first-order valence-electron chi connectivity index (χ1n) is 25.4. The molecule has 4 atom stereocenters. The van der Waals surface area contributed by atoms with Crippen molar-refractivity contribution in [3.63, 3.8) is 0 Å². The Labute approximate surface area is 419 Å². The van der Waals surface area contributed by atoms with E-state index in [1.807, 2.05) is 24.8 Å². The number of benzene rings is 2. The summed E-state index contributed by atoms with van der Waals surface area (Å²) in [6.45, 7) is 32.5. The number of fused-ring (bicyclic) bond motifs is 2. The number of hydrogen-bond donors (Lipinski definition) is 2. The van der Waals surface area contributed by atoms with E-state index in [0.29, 0.717) is 72.8 Å². The number of hydrogen-bond acceptors (Lipinski definition) is 10. The first kappa shape index (κ1) is 54.5. The number of anilines is 2. The molecule has 1 aliphatic carbocycles. The molecule has 1 saturated carbocycles. The Bertz CT molecular complexity index is 2230. The number of ether oxygens (including phenoxy) is 3. The van der Waals surface area contributed by atoms with E-state index in [1.54, 1.807) is 42.3 Å². The molecule has 15 nitrogen and oxygen atoms in total. The Morgan fingerprint density at radius 2 is 1.56 bits per heavy atom. The summed E-state index contributed by atoms with van der Waals surface area (Å²) in [5, 5.41) is 5.62. The average Bonchev–Trinajstić information content (AvgIpc) is 3.68. The van der Waals surface area contributed by atoms with Gasteiger partial charge in [0, 0.05) is 24.8 Å². The third-order valence-corrected chi connectivity index (χ3v) is 26.0. The molecule has 2 unspecified atom stereocenters. The maximum atomic E-state index is 15.2. The molecule has 2 aromatic rings. The monoisotopic (exact) mass is 1000 g/mol. The quantitative estimate of drug-likeness (QED) is 0.108. The Hall–Kier alpha value is -4.88. The van der Waals surface area contributed by atoms with E-state index in [2.05, 4.69) is 92.6 Å². The zero-order valence-electron chi connectivity index (χ0n) is 44.4. The number of amides is 5. The largest absolute Gasteiger partial charge is 0.540 e. The second kappa shape index (κ2) is 21.5. The van der Waals surface area contributed by atoms with E-state index in [1.165, 1.54) is 11.0 Å². The van der Waals surface area contributed by atoms with Crippen LogP contribution in [0.3, 0.4) is 0 Å². The van der Waals surface area contributed by atoms with E-state index in [9.17, 15) is 14.4 Å². The highest BCUT2D eigenvalue weighted by atomic mass is 28.4. The van der Waals surface area contributed by atoms with Gasteiger partial charge in [-0.25, -0.2) is 14.5 Å². The van der Waals surface area contributed by atoms with Crippen LogP contribution in [0.5, 0.6) is 11.5 Å². The molecule has 17 heteroatoms. The van der Waals surface area contributed by atoms with Gasteiger partial charge in [-0.15, -0.1) is 0 Å². The van der Waals surface area contributed by atoms with Crippen LogP contribution in [-0.2, 0) is 30.1 Å². The van der Waals surface area contributed by atoms with Crippen molar-refractivity contribution in [2.45, 2.75) is 180 Å². The van der Waals surface area contributed by atoms with E-state index in [-0.39, 0.29) is 52.1 Å². The summed E-state index contributed by atoms with van der Waals surface area (Å²) in [6.07, 6.45) is 3.58. The van der Waals surface area contributed by atoms with Gasteiger partial charge in [-0.05, 0) is 108 Å². The third-order valence-electron chi connectivity index (χ3n) is 15.6. The highest BCUT2D eigenvalue weighted by Gasteiger charge is 2.60. The predicted molar refractivity (Wildman–Crippen MR) is 278 cm³/mol. The number of carbonyl (C=O) groups excluding carboxylic acids is 5. The second-order valence-electron chi connectivity index (χ2n) is 22.9. The zero-order valence-corrected chi connectivity index (χ0v) is 46.4. The molecular formula is C53H81N5O10Si2. The Balaban J connectivity index is 1.29. The molecule has 1 spiro atoms. The van der Waals surface area contributed by atoms with Gasteiger partial charge >= 0.3 is 12.2 Å². The standard InChI is InChI=1S/C53H81N5O10Si2/c1-16-26-65-50(62)56-25-17-18-41(56)47(60)55-40(27-33(2)3)46(59)54-38-21-19-37(20-22-38)31-66-51(63)58-42-29-45(67-70(34(4)5,35(6)7)36(8)9)44(64-13)28-39(42)48(61)57-32-53(23-24-53)30-43(57)49(58)68-69(14,15)52(10,11)12/h16,19-22,28-29,33-36,40-41,43,49H,1,17-18,23-27,30-32H2,2-15H3,(H,54,59)(H,55,60)/t40?,41-,43-,49?/m0/s1. The van der Waals surface area contributed by atoms with Crippen molar-refractivity contribution in [1.29, 1.82) is 0 Å². The fourth-order valence-electron chi connectivity index (χ4n) is 10.7. The van der Waals surface area contributed by atoms with Gasteiger partial charge in [0.05, 0.1) is 24.4 Å². The number of rotatable bonds is 18. The smallest absolute Gasteiger partial charge is 0.416 e. The van der Waals surface area contributed by atoms with Crippen LogP contribution in [0.15, 0.2) is 49.1 Å². The number of carbonyl (C=O) groups is 5. The molecule has 0 bridgehead atoms. The van der Waals surface area contributed by atoms with Gasteiger partial charge in [-0.2, -0.15) is 0 Å². The number of nitrogens with zero attached hydrogens (tertiary/aromatic N) is 3. The molecule has 386 valence electrons. The van der Waals surface area contributed by atoms with Crippen LogP contribution >= 0.6 is 0 Å². The van der Waals surface area contributed by atoms with Crippen molar-refractivity contribution in [3.05, 3.63) is 60.2 Å². The lowest BCUT2D eigenvalue weighted by molar-refractivity contribution is -0.129. The minimum absolute atomic E-state index is 0.0116. The van der Waals surface area contributed by atoms with Gasteiger partial charge in [0.25, 0.3) is 14.2 Å². The molecule has 5 amide bonds. The summed E-state index contributed by atoms with van der Waals surface area (Å²) < 4.78 is 32.1. The van der Waals surface area contributed by atoms with Crippen LogP contribution in [0.1, 0.15) is 131 Å². The Kier molecular flexibility index (Phi) is 16.7. The lowest BCUT2D eigenvalue weighted by Gasteiger charge is -2.44. The summed E-state index contributed by atoms with van der Waals surface area (Å²) in [4.78, 5) is 75.0. The molecular weight excluding hydrogens is 923 g/mol. The molecule has 2 aromatic carbocycles. The summed E-state index contributed by atoms with van der Waals surface area (Å²) in [7, 11) is -3.59. The van der Waals surface area contributed by atoms with Crippen molar-refractivity contribution in [2.24, 2.45) is 11.3 Å². The molecule has 3 heterocycles. The SMILES string of the molecule is C=CCOC(=O)N1CCC[C@H]1C(=O)NC(CC(C)C)C(=O)Nc1ccc(COC(=O)N2c3cc(O[Si](C(C)C)(C(C)C)C(C)C)c(OC)cc3C(=O)N3CC4(CC4)C[C@H]3C2O[Si](C)(C)C(C)(C)C)cc1. The Morgan fingerprint density at radius 3 is 2.11 bits per heavy atom. The minimum atomic E-state index is -2.62. The van der Waals surface area contributed by atoms with Crippen molar-refractivity contribution in [2.75, 3.05) is 37.0 Å². The van der Waals surface area contributed by atoms with E-state index in [0.717, 1.165) is 12.8 Å². The summed E-state index contributed by atoms with van der Waals surface area (Å²) in [5.41, 5.74) is 2.55. The van der Waals surface area contributed by atoms with Gasteiger partial charge in [0.1, 0.15) is 31.0 Å². The summed E-state index contributed by atoms with van der Waals surface area (Å²) in [5.74, 6) is 0.0169. The number of likely N-dealkylation sites (tertiary alicyclic amines) is 1. The predicted octanol–water partition coefficient (Wildman–Crippen LogP) is 11.0. The highest BCUT2D eigenvalue weighted by molar-refractivity contribution is 6.78. The molecule has 70 heavy (non-hydrogen) atoms. The molecule has 4 aliphatic rings. The van der Waals surface area contributed by atoms with Crippen LogP contribution in [-0.4, -0.2) is 108 Å². The van der Waals surface area contributed by atoms with Crippen LogP contribution in [0.4, 0.5) is 21.0 Å². The average molecular weight is 1000 g/mol. The number of nitrogens with one attached hydrogen (secondary N) is 2.